The van der Waals surface area contributed by atoms with Gasteiger partial charge in [-0.2, -0.15) is 5.10 Å². The summed E-state index contributed by atoms with van der Waals surface area (Å²) < 4.78 is 31.9. The molecule has 0 saturated heterocycles. The second kappa shape index (κ2) is 9.13. The van der Waals surface area contributed by atoms with E-state index in [0.29, 0.717) is 34.9 Å². The van der Waals surface area contributed by atoms with Crippen LogP contribution in [0.25, 0.3) is 0 Å². The summed E-state index contributed by atoms with van der Waals surface area (Å²) in [4.78, 5) is 13.9. The average molecular weight is 470 g/mol. The van der Waals surface area contributed by atoms with Crippen molar-refractivity contribution < 1.29 is 17.9 Å². The van der Waals surface area contributed by atoms with Gasteiger partial charge < -0.3 is 4.74 Å². The van der Waals surface area contributed by atoms with E-state index in [1.807, 2.05) is 48.7 Å². The van der Waals surface area contributed by atoms with E-state index in [0.717, 1.165) is 17.6 Å². The van der Waals surface area contributed by atoms with Crippen molar-refractivity contribution in [2.24, 2.45) is 5.10 Å². The van der Waals surface area contributed by atoms with Gasteiger partial charge in [0.25, 0.3) is 5.91 Å². The number of benzene rings is 2. The quantitative estimate of drug-likeness (QED) is 0.551. The van der Waals surface area contributed by atoms with E-state index in [1.165, 1.54) is 16.3 Å². The van der Waals surface area contributed by atoms with Crippen molar-refractivity contribution in [2.75, 3.05) is 17.6 Å². The van der Waals surface area contributed by atoms with Crippen LogP contribution in [0.4, 0.5) is 5.69 Å². The Balaban J connectivity index is 1.75. The summed E-state index contributed by atoms with van der Waals surface area (Å²) in [5.41, 5.74) is 2.60. The first kappa shape index (κ1) is 22.0. The number of nitrogens with zero attached hydrogens (tertiary/aromatic N) is 2. The van der Waals surface area contributed by atoms with E-state index < -0.39 is 10.0 Å². The fraction of sp³-hybridized carbons (Fsp3) is 0.217. The molecule has 166 valence electrons. The number of sulfonamides is 1. The molecule has 2 aromatic carbocycles. The number of carbonyl (C=O) groups is 1. The summed E-state index contributed by atoms with van der Waals surface area (Å²) >= 11 is 1.36. The highest BCUT2D eigenvalue weighted by Gasteiger charge is 2.35. The van der Waals surface area contributed by atoms with E-state index in [9.17, 15) is 13.2 Å². The molecule has 4 rings (SSSR count). The molecule has 1 aliphatic rings. The van der Waals surface area contributed by atoms with Crippen LogP contribution < -0.4 is 9.46 Å². The fourth-order valence-electron chi connectivity index (χ4n) is 3.63. The maximum Gasteiger partial charge on any atom is 0.284 e. The van der Waals surface area contributed by atoms with Crippen LogP contribution in [0.15, 0.2) is 71.1 Å². The molecule has 0 bridgehead atoms. The Hall–Kier alpha value is -3.17. The lowest BCUT2D eigenvalue weighted by atomic mass is 9.97. The van der Waals surface area contributed by atoms with Gasteiger partial charge in [-0.15, -0.1) is 11.3 Å². The van der Waals surface area contributed by atoms with Gasteiger partial charge in [0.15, 0.2) is 0 Å². The zero-order valence-corrected chi connectivity index (χ0v) is 19.3. The zero-order chi connectivity index (χ0) is 22.7. The van der Waals surface area contributed by atoms with Gasteiger partial charge in [0.05, 0.1) is 35.2 Å². The van der Waals surface area contributed by atoms with Gasteiger partial charge >= 0.3 is 0 Å². The highest BCUT2D eigenvalue weighted by molar-refractivity contribution is 7.92. The fourth-order valence-corrected chi connectivity index (χ4v) is 4.87. The Morgan fingerprint density at radius 3 is 2.72 bits per heavy atom. The van der Waals surface area contributed by atoms with Crippen molar-refractivity contribution >= 4 is 38.7 Å². The van der Waals surface area contributed by atoms with Crippen LogP contribution >= 0.6 is 11.3 Å². The molecule has 0 spiro atoms. The Kier molecular flexibility index (Phi) is 6.29. The second-order valence-corrected chi connectivity index (χ2v) is 10.0. The number of amides is 1. The first-order valence-corrected chi connectivity index (χ1v) is 12.9. The number of rotatable bonds is 7. The topological polar surface area (TPSA) is 88.1 Å². The van der Waals surface area contributed by atoms with Gasteiger partial charge in [-0.3, -0.25) is 9.52 Å². The number of anilines is 1. The zero-order valence-electron chi connectivity index (χ0n) is 17.7. The van der Waals surface area contributed by atoms with Gasteiger partial charge in [-0.25, -0.2) is 13.4 Å². The Bertz CT molecular complexity index is 1250. The SMILES string of the molecule is CCOc1cccc(C2CC(c3ccccc3NS(C)(=O)=O)=NN2C(=O)c2cccs2)c1. The minimum atomic E-state index is -3.47. The Morgan fingerprint density at radius 2 is 2.00 bits per heavy atom. The van der Waals surface area contributed by atoms with Crippen LogP contribution in [0.1, 0.15) is 40.2 Å². The molecule has 0 aliphatic carbocycles. The number of carbonyl (C=O) groups excluding carboxylic acids is 1. The predicted molar refractivity (Wildman–Crippen MR) is 127 cm³/mol. The van der Waals surface area contributed by atoms with Gasteiger partial charge in [0.2, 0.25) is 10.0 Å². The molecule has 2 heterocycles. The van der Waals surface area contributed by atoms with Gasteiger partial charge in [-0.05, 0) is 42.1 Å². The number of para-hydroxylation sites is 1. The molecule has 7 nitrogen and oxygen atoms in total. The lowest BCUT2D eigenvalue weighted by Gasteiger charge is -2.22. The number of thiophene rings is 1. The summed E-state index contributed by atoms with van der Waals surface area (Å²) in [5.74, 6) is 0.525. The third-order valence-corrected chi connectivity index (χ3v) is 6.39. The van der Waals surface area contributed by atoms with Crippen LogP contribution in [-0.4, -0.2) is 37.9 Å². The summed E-state index contributed by atoms with van der Waals surface area (Å²) in [7, 11) is -3.47. The summed E-state index contributed by atoms with van der Waals surface area (Å²) in [5, 5.41) is 8.01. The number of nitrogens with one attached hydrogen (secondary N) is 1. The maximum atomic E-state index is 13.3. The second-order valence-electron chi connectivity index (χ2n) is 7.32. The lowest BCUT2D eigenvalue weighted by molar-refractivity contribution is 0.0716. The van der Waals surface area contributed by atoms with Crippen LogP contribution in [0.2, 0.25) is 0 Å². The van der Waals surface area contributed by atoms with Crippen molar-refractivity contribution in [1.29, 1.82) is 0 Å². The van der Waals surface area contributed by atoms with Crippen LogP contribution in [0.5, 0.6) is 5.75 Å². The molecule has 3 aromatic rings. The first-order chi connectivity index (χ1) is 15.4. The molecular formula is C23H23N3O4S2. The number of ether oxygens (including phenoxy) is 1. The van der Waals surface area contributed by atoms with E-state index in [2.05, 4.69) is 9.82 Å². The van der Waals surface area contributed by atoms with Crippen molar-refractivity contribution in [2.45, 2.75) is 19.4 Å². The van der Waals surface area contributed by atoms with E-state index in [-0.39, 0.29) is 11.9 Å². The maximum absolute atomic E-state index is 13.3. The molecule has 1 atom stereocenters. The molecule has 32 heavy (non-hydrogen) atoms. The summed E-state index contributed by atoms with van der Waals surface area (Å²) in [6.07, 6.45) is 1.55. The molecule has 1 amide bonds. The highest BCUT2D eigenvalue weighted by Crippen LogP contribution is 2.37. The molecule has 1 aliphatic heterocycles. The number of hydrogen-bond acceptors (Lipinski definition) is 6. The average Bonchev–Trinajstić information content (AvgIpc) is 3.44. The van der Waals surface area contributed by atoms with E-state index in [1.54, 1.807) is 24.3 Å². The van der Waals surface area contributed by atoms with Crippen molar-refractivity contribution in [1.82, 2.24) is 5.01 Å². The third kappa shape index (κ3) is 4.84. The highest BCUT2D eigenvalue weighted by atomic mass is 32.2. The molecule has 0 radical (unpaired) electrons. The molecule has 0 saturated carbocycles. The minimum absolute atomic E-state index is 0.199. The normalized spacial score (nSPS) is 16.0. The van der Waals surface area contributed by atoms with Crippen LogP contribution in [0, 0.1) is 0 Å². The Labute approximate surface area is 191 Å². The van der Waals surface area contributed by atoms with Gasteiger partial charge in [0.1, 0.15) is 5.75 Å². The molecule has 1 N–H and O–H groups in total. The minimum Gasteiger partial charge on any atom is -0.494 e. The summed E-state index contributed by atoms with van der Waals surface area (Å²) in [6.45, 7) is 2.46. The van der Waals surface area contributed by atoms with Gasteiger partial charge in [0, 0.05) is 12.0 Å². The van der Waals surface area contributed by atoms with Crippen molar-refractivity contribution in [3.63, 3.8) is 0 Å². The molecule has 0 fully saturated rings. The smallest absolute Gasteiger partial charge is 0.284 e. The number of hydrogen-bond donors (Lipinski definition) is 1. The lowest BCUT2D eigenvalue weighted by Crippen LogP contribution is -2.26. The molecular weight excluding hydrogens is 446 g/mol. The van der Waals surface area contributed by atoms with E-state index in [4.69, 9.17) is 4.74 Å². The van der Waals surface area contributed by atoms with Crippen molar-refractivity contribution in [3.05, 3.63) is 82.0 Å². The number of hydrazone groups is 1. The van der Waals surface area contributed by atoms with Crippen LogP contribution in [0.3, 0.4) is 0 Å². The standard InChI is InChI=1S/C23H23N3O4S2/c1-3-30-17-9-6-8-16(14-17)21-15-20(24-26(21)23(27)22-12-7-13-31-22)18-10-4-5-11-19(18)25-32(2,28)29/h4-14,21,25H,3,15H2,1-2H3. The summed E-state index contributed by atoms with van der Waals surface area (Å²) in [6, 6.07) is 18.0. The molecule has 9 heteroatoms. The third-order valence-electron chi connectivity index (χ3n) is 4.94. The molecule has 1 aromatic heterocycles. The predicted octanol–water partition coefficient (Wildman–Crippen LogP) is 4.51. The van der Waals surface area contributed by atoms with Crippen molar-refractivity contribution in [3.8, 4) is 5.75 Å². The van der Waals surface area contributed by atoms with Gasteiger partial charge in [-0.1, -0.05) is 36.4 Å². The van der Waals surface area contributed by atoms with E-state index >= 15 is 0 Å². The first-order valence-electron chi connectivity index (χ1n) is 10.1. The largest absolute Gasteiger partial charge is 0.494 e. The molecule has 1 unspecified atom stereocenters. The monoisotopic (exact) mass is 469 g/mol. The van der Waals surface area contributed by atoms with Crippen LogP contribution in [-0.2, 0) is 10.0 Å². The Morgan fingerprint density at radius 1 is 1.19 bits per heavy atom.